The predicted octanol–water partition coefficient (Wildman–Crippen LogP) is 1.86. The molecule has 2 fully saturated rings. The Bertz CT molecular complexity index is 497. The highest BCUT2D eigenvalue weighted by atomic mass is 16.5. The number of amides is 1. The Morgan fingerprint density at radius 1 is 1.39 bits per heavy atom. The Balaban J connectivity index is 1.43. The van der Waals surface area contributed by atoms with Crippen molar-refractivity contribution in [1.29, 1.82) is 0 Å². The molecule has 2 aliphatic heterocycles. The summed E-state index contributed by atoms with van der Waals surface area (Å²) < 4.78 is 5.60. The molecule has 126 valence electrons. The van der Waals surface area contributed by atoms with Crippen molar-refractivity contribution in [2.75, 3.05) is 31.6 Å². The summed E-state index contributed by atoms with van der Waals surface area (Å²) in [6.07, 6.45) is 7.70. The number of nitrogens with zero attached hydrogens (tertiary/aromatic N) is 4. The number of rotatable bonds is 5. The third-order valence-corrected chi connectivity index (χ3v) is 4.99. The van der Waals surface area contributed by atoms with Crippen LogP contribution in [-0.2, 0) is 9.53 Å². The zero-order chi connectivity index (χ0) is 16.1. The first kappa shape index (κ1) is 16.2. The molecule has 6 nitrogen and oxygen atoms in total. The number of carbonyl (C=O) groups excluding carboxylic acids is 1. The van der Waals surface area contributed by atoms with Crippen molar-refractivity contribution in [2.45, 2.75) is 50.7 Å². The van der Waals surface area contributed by atoms with E-state index in [9.17, 15) is 4.79 Å². The highest BCUT2D eigenvalue weighted by Gasteiger charge is 2.26. The third kappa shape index (κ3) is 4.19. The summed E-state index contributed by atoms with van der Waals surface area (Å²) in [6, 6.07) is 4.31. The maximum Gasteiger partial charge on any atom is 0.222 e. The number of aromatic nitrogens is 2. The molecule has 0 bridgehead atoms. The van der Waals surface area contributed by atoms with Crippen LogP contribution in [0.3, 0.4) is 0 Å². The molecule has 3 heterocycles. The lowest BCUT2D eigenvalue weighted by Gasteiger charge is -2.37. The van der Waals surface area contributed by atoms with E-state index in [2.05, 4.69) is 22.1 Å². The molecule has 1 aromatic rings. The van der Waals surface area contributed by atoms with E-state index in [1.165, 1.54) is 0 Å². The standard InChI is InChI=1S/C17H26N4O2/c1-20(16-5-2-10-18-19-16)14-8-11-21(12-9-14)17(22)7-6-15-4-3-13-23-15/h2,5,10,14-15H,3-4,6-9,11-13H2,1H3. The monoisotopic (exact) mass is 318 g/mol. The van der Waals surface area contributed by atoms with Crippen LogP contribution in [0.25, 0.3) is 0 Å². The topological polar surface area (TPSA) is 58.6 Å². The smallest absolute Gasteiger partial charge is 0.222 e. The molecule has 23 heavy (non-hydrogen) atoms. The Morgan fingerprint density at radius 3 is 2.87 bits per heavy atom. The van der Waals surface area contributed by atoms with E-state index in [1.807, 2.05) is 17.0 Å². The van der Waals surface area contributed by atoms with Gasteiger partial charge in [0.2, 0.25) is 5.91 Å². The van der Waals surface area contributed by atoms with Crippen LogP contribution in [-0.4, -0.2) is 59.9 Å². The number of ether oxygens (including phenoxy) is 1. The second-order valence-electron chi connectivity index (χ2n) is 6.48. The molecular formula is C17H26N4O2. The maximum atomic E-state index is 12.3. The molecule has 2 saturated heterocycles. The van der Waals surface area contributed by atoms with Crippen molar-refractivity contribution in [3.63, 3.8) is 0 Å². The molecule has 6 heteroatoms. The number of hydrogen-bond acceptors (Lipinski definition) is 5. The highest BCUT2D eigenvalue weighted by Crippen LogP contribution is 2.22. The van der Waals surface area contributed by atoms with Gasteiger partial charge in [0.15, 0.2) is 5.82 Å². The summed E-state index contributed by atoms with van der Waals surface area (Å²) in [4.78, 5) is 16.5. The number of hydrogen-bond donors (Lipinski definition) is 0. The Labute approximate surface area is 137 Å². The molecule has 0 radical (unpaired) electrons. The summed E-state index contributed by atoms with van der Waals surface area (Å²) >= 11 is 0. The molecule has 0 N–H and O–H groups in total. The second-order valence-corrected chi connectivity index (χ2v) is 6.48. The quantitative estimate of drug-likeness (QED) is 0.829. The lowest BCUT2D eigenvalue weighted by Crippen LogP contribution is -2.46. The van der Waals surface area contributed by atoms with E-state index >= 15 is 0 Å². The first-order valence-corrected chi connectivity index (χ1v) is 8.64. The molecule has 1 amide bonds. The van der Waals surface area contributed by atoms with E-state index < -0.39 is 0 Å². The summed E-state index contributed by atoms with van der Waals surface area (Å²) in [5, 5.41) is 8.10. The van der Waals surface area contributed by atoms with E-state index in [1.54, 1.807) is 6.20 Å². The Kier molecular flexibility index (Phi) is 5.43. The zero-order valence-electron chi connectivity index (χ0n) is 13.9. The lowest BCUT2D eigenvalue weighted by atomic mass is 10.0. The average molecular weight is 318 g/mol. The van der Waals surface area contributed by atoms with Crippen LogP contribution in [0, 0.1) is 0 Å². The average Bonchev–Trinajstić information content (AvgIpc) is 3.13. The largest absolute Gasteiger partial charge is 0.378 e. The highest BCUT2D eigenvalue weighted by molar-refractivity contribution is 5.76. The van der Waals surface area contributed by atoms with Crippen molar-refractivity contribution in [3.8, 4) is 0 Å². The Hall–Kier alpha value is -1.69. The lowest BCUT2D eigenvalue weighted by molar-refractivity contribution is -0.132. The van der Waals surface area contributed by atoms with Crippen LogP contribution in [0.15, 0.2) is 18.3 Å². The van der Waals surface area contributed by atoms with Crippen molar-refractivity contribution in [2.24, 2.45) is 0 Å². The van der Waals surface area contributed by atoms with Gasteiger partial charge in [0.1, 0.15) is 0 Å². The summed E-state index contributed by atoms with van der Waals surface area (Å²) in [5.41, 5.74) is 0. The van der Waals surface area contributed by atoms with Crippen LogP contribution in [0.5, 0.6) is 0 Å². The zero-order valence-corrected chi connectivity index (χ0v) is 13.9. The predicted molar refractivity (Wildman–Crippen MR) is 88.2 cm³/mol. The van der Waals surface area contributed by atoms with Gasteiger partial charge < -0.3 is 14.5 Å². The van der Waals surface area contributed by atoms with Crippen LogP contribution < -0.4 is 4.90 Å². The van der Waals surface area contributed by atoms with Crippen molar-refractivity contribution < 1.29 is 9.53 Å². The summed E-state index contributed by atoms with van der Waals surface area (Å²) in [6.45, 7) is 2.53. The van der Waals surface area contributed by atoms with E-state index in [4.69, 9.17) is 4.74 Å². The second kappa shape index (κ2) is 7.73. The molecule has 0 saturated carbocycles. The Morgan fingerprint density at radius 2 is 2.22 bits per heavy atom. The molecule has 1 unspecified atom stereocenters. The number of anilines is 1. The fourth-order valence-electron chi connectivity index (χ4n) is 3.49. The van der Waals surface area contributed by atoms with Crippen molar-refractivity contribution >= 4 is 11.7 Å². The van der Waals surface area contributed by atoms with Crippen LogP contribution >= 0.6 is 0 Å². The fourth-order valence-corrected chi connectivity index (χ4v) is 3.49. The summed E-state index contributed by atoms with van der Waals surface area (Å²) in [7, 11) is 2.06. The molecule has 0 spiro atoms. The van der Waals surface area contributed by atoms with Gasteiger partial charge in [-0.15, -0.1) is 5.10 Å². The number of carbonyl (C=O) groups is 1. The molecule has 1 aromatic heterocycles. The van der Waals surface area contributed by atoms with Gasteiger partial charge in [0, 0.05) is 45.4 Å². The van der Waals surface area contributed by atoms with E-state index in [0.29, 0.717) is 18.6 Å². The first-order chi connectivity index (χ1) is 11.2. The first-order valence-electron chi connectivity index (χ1n) is 8.64. The van der Waals surface area contributed by atoms with E-state index in [-0.39, 0.29) is 5.91 Å². The van der Waals surface area contributed by atoms with Crippen LogP contribution in [0.1, 0.15) is 38.5 Å². The number of likely N-dealkylation sites (tertiary alicyclic amines) is 1. The molecular weight excluding hydrogens is 292 g/mol. The minimum absolute atomic E-state index is 0.279. The van der Waals surface area contributed by atoms with Gasteiger partial charge in [-0.25, -0.2) is 0 Å². The van der Waals surface area contributed by atoms with Gasteiger partial charge in [-0.1, -0.05) is 0 Å². The molecule has 0 aliphatic carbocycles. The fraction of sp³-hybridized carbons (Fsp3) is 0.706. The maximum absolute atomic E-state index is 12.3. The normalized spacial score (nSPS) is 22.3. The number of piperidine rings is 1. The third-order valence-electron chi connectivity index (χ3n) is 4.99. The van der Waals surface area contributed by atoms with Gasteiger partial charge in [0.25, 0.3) is 0 Å². The van der Waals surface area contributed by atoms with E-state index in [0.717, 1.165) is 57.6 Å². The molecule has 0 aromatic carbocycles. The van der Waals surface area contributed by atoms with Crippen molar-refractivity contribution in [3.05, 3.63) is 18.3 Å². The minimum Gasteiger partial charge on any atom is -0.378 e. The molecule has 3 rings (SSSR count). The minimum atomic E-state index is 0.279. The molecule has 2 aliphatic rings. The van der Waals surface area contributed by atoms with Crippen LogP contribution in [0.2, 0.25) is 0 Å². The van der Waals surface area contributed by atoms with Gasteiger partial charge in [0.05, 0.1) is 6.10 Å². The van der Waals surface area contributed by atoms with Gasteiger partial charge in [-0.2, -0.15) is 5.10 Å². The van der Waals surface area contributed by atoms with Gasteiger partial charge in [-0.3, -0.25) is 4.79 Å². The molecule has 1 atom stereocenters. The summed E-state index contributed by atoms with van der Waals surface area (Å²) in [5.74, 6) is 1.18. The van der Waals surface area contributed by atoms with Gasteiger partial charge >= 0.3 is 0 Å². The SMILES string of the molecule is CN(c1cccnn1)C1CCN(C(=O)CCC2CCCO2)CC1. The van der Waals surface area contributed by atoms with Crippen molar-refractivity contribution in [1.82, 2.24) is 15.1 Å². The van der Waals surface area contributed by atoms with Gasteiger partial charge in [-0.05, 0) is 44.2 Å². The van der Waals surface area contributed by atoms with Crippen LogP contribution in [0.4, 0.5) is 5.82 Å².